The van der Waals surface area contributed by atoms with E-state index >= 15 is 0 Å². The first kappa shape index (κ1) is 18.2. The normalized spacial score (nSPS) is 25.1. The van der Waals surface area contributed by atoms with Gasteiger partial charge in [0.25, 0.3) is 0 Å². The number of carbonyl (C=O) groups is 2. The highest BCUT2D eigenvalue weighted by atomic mass is 32.2. The van der Waals surface area contributed by atoms with Crippen LogP contribution in [0.15, 0.2) is 0 Å². The summed E-state index contributed by atoms with van der Waals surface area (Å²) in [4.78, 5) is 26.7. The van der Waals surface area contributed by atoms with Crippen molar-refractivity contribution in [2.24, 2.45) is 5.41 Å². The molecule has 132 valence electrons. The summed E-state index contributed by atoms with van der Waals surface area (Å²) in [6.45, 7) is 3.24. The third-order valence-corrected chi connectivity index (χ3v) is 6.87. The van der Waals surface area contributed by atoms with Gasteiger partial charge in [-0.2, -0.15) is 0 Å². The van der Waals surface area contributed by atoms with E-state index in [9.17, 15) is 18.0 Å². The predicted molar refractivity (Wildman–Crippen MR) is 88.6 cm³/mol. The van der Waals surface area contributed by atoms with E-state index in [4.69, 9.17) is 0 Å². The molecular formula is C16H28N2O4S. The molecule has 1 N–H and O–H groups in total. The van der Waals surface area contributed by atoms with Crippen LogP contribution in [0.4, 0.5) is 0 Å². The standard InChI is InChI=1S/C16H28N2O4S/c1-16(2,14(19)17-12-7-5-4-6-8-12)15(20)18(3)13-9-10-23(21,22)11-13/h12-13H,4-11H2,1-3H3,(H,17,19). The van der Waals surface area contributed by atoms with Gasteiger partial charge in [-0.25, -0.2) is 8.42 Å². The Kier molecular flexibility index (Phi) is 5.38. The molecule has 6 nitrogen and oxygen atoms in total. The van der Waals surface area contributed by atoms with E-state index in [1.807, 2.05) is 0 Å². The lowest BCUT2D eigenvalue weighted by molar-refractivity contribution is -0.149. The quantitative estimate of drug-likeness (QED) is 0.774. The summed E-state index contributed by atoms with van der Waals surface area (Å²) in [6, 6.07) is -0.172. The van der Waals surface area contributed by atoms with Gasteiger partial charge in [-0.15, -0.1) is 0 Å². The fraction of sp³-hybridized carbons (Fsp3) is 0.875. The van der Waals surface area contributed by atoms with Crippen molar-refractivity contribution in [2.75, 3.05) is 18.6 Å². The number of hydrogen-bond acceptors (Lipinski definition) is 4. The number of hydrogen-bond donors (Lipinski definition) is 1. The first-order chi connectivity index (χ1) is 10.6. The van der Waals surface area contributed by atoms with Crippen molar-refractivity contribution < 1.29 is 18.0 Å². The van der Waals surface area contributed by atoms with Gasteiger partial charge < -0.3 is 10.2 Å². The number of sulfone groups is 1. The van der Waals surface area contributed by atoms with Crippen molar-refractivity contribution >= 4 is 21.7 Å². The molecule has 1 aliphatic carbocycles. The molecule has 1 unspecified atom stereocenters. The highest BCUT2D eigenvalue weighted by Crippen LogP contribution is 2.25. The Labute approximate surface area is 138 Å². The van der Waals surface area contributed by atoms with E-state index in [0.717, 1.165) is 25.7 Å². The maximum atomic E-state index is 12.7. The second-order valence-electron chi connectivity index (χ2n) is 7.41. The Morgan fingerprint density at radius 2 is 1.70 bits per heavy atom. The Morgan fingerprint density at radius 1 is 1.09 bits per heavy atom. The Bertz CT molecular complexity index is 565. The largest absolute Gasteiger partial charge is 0.352 e. The minimum Gasteiger partial charge on any atom is -0.352 e. The number of rotatable bonds is 4. The minimum atomic E-state index is -3.06. The molecule has 1 saturated heterocycles. The van der Waals surface area contributed by atoms with E-state index < -0.39 is 15.3 Å². The first-order valence-electron chi connectivity index (χ1n) is 8.42. The van der Waals surface area contributed by atoms with Crippen molar-refractivity contribution in [3.63, 3.8) is 0 Å². The molecule has 1 saturated carbocycles. The van der Waals surface area contributed by atoms with Crippen molar-refractivity contribution in [2.45, 2.75) is 64.5 Å². The van der Waals surface area contributed by atoms with Crippen molar-refractivity contribution in [1.29, 1.82) is 0 Å². The third kappa shape index (κ3) is 4.25. The van der Waals surface area contributed by atoms with Gasteiger partial charge in [0.2, 0.25) is 11.8 Å². The zero-order valence-electron chi connectivity index (χ0n) is 14.3. The number of nitrogens with one attached hydrogen (secondary N) is 1. The lowest BCUT2D eigenvalue weighted by Crippen LogP contribution is -2.53. The van der Waals surface area contributed by atoms with Gasteiger partial charge in [0.15, 0.2) is 9.84 Å². The maximum Gasteiger partial charge on any atom is 0.237 e. The zero-order valence-corrected chi connectivity index (χ0v) is 15.1. The molecule has 0 aromatic carbocycles. The fourth-order valence-corrected chi connectivity index (χ4v) is 5.17. The Hall–Kier alpha value is -1.11. The number of amides is 2. The summed E-state index contributed by atoms with van der Waals surface area (Å²) in [5.41, 5.74) is -1.18. The fourth-order valence-electron chi connectivity index (χ4n) is 3.40. The van der Waals surface area contributed by atoms with Crippen molar-refractivity contribution in [3.8, 4) is 0 Å². The van der Waals surface area contributed by atoms with Gasteiger partial charge in [0.05, 0.1) is 11.5 Å². The van der Waals surface area contributed by atoms with E-state index in [2.05, 4.69) is 5.32 Å². The molecule has 2 rings (SSSR count). The topological polar surface area (TPSA) is 83.6 Å². The monoisotopic (exact) mass is 344 g/mol. The number of carbonyl (C=O) groups excluding carboxylic acids is 2. The summed E-state index contributed by atoms with van der Waals surface area (Å²) >= 11 is 0. The molecule has 0 spiro atoms. The summed E-state index contributed by atoms with van der Waals surface area (Å²) in [7, 11) is -1.46. The molecule has 1 heterocycles. The molecule has 2 amide bonds. The van der Waals surface area contributed by atoms with E-state index in [1.54, 1.807) is 20.9 Å². The van der Waals surface area contributed by atoms with Crippen LogP contribution in [0.25, 0.3) is 0 Å². The van der Waals surface area contributed by atoms with Crippen LogP contribution in [0.3, 0.4) is 0 Å². The van der Waals surface area contributed by atoms with Crippen LogP contribution in [-0.4, -0.2) is 55.8 Å². The molecule has 1 atom stereocenters. The molecule has 1 aliphatic heterocycles. The molecule has 0 bridgehead atoms. The van der Waals surface area contributed by atoms with Crippen LogP contribution < -0.4 is 5.32 Å². The lowest BCUT2D eigenvalue weighted by Gasteiger charge is -2.33. The molecule has 0 radical (unpaired) electrons. The Morgan fingerprint density at radius 3 is 2.22 bits per heavy atom. The summed E-state index contributed by atoms with van der Waals surface area (Å²) in [5.74, 6) is -0.463. The van der Waals surface area contributed by atoms with Crippen molar-refractivity contribution in [1.82, 2.24) is 10.2 Å². The number of nitrogens with zero attached hydrogens (tertiary/aromatic N) is 1. The van der Waals surface area contributed by atoms with Gasteiger partial charge in [-0.05, 0) is 33.1 Å². The van der Waals surface area contributed by atoms with E-state index in [-0.39, 0.29) is 35.4 Å². The van der Waals surface area contributed by atoms with Crippen LogP contribution >= 0.6 is 0 Å². The van der Waals surface area contributed by atoms with Crippen LogP contribution in [0, 0.1) is 5.41 Å². The van der Waals surface area contributed by atoms with Crippen LogP contribution in [0.1, 0.15) is 52.4 Å². The van der Waals surface area contributed by atoms with Gasteiger partial charge in [0, 0.05) is 19.1 Å². The van der Waals surface area contributed by atoms with Crippen LogP contribution in [0.2, 0.25) is 0 Å². The molecule has 2 fully saturated rings. The maximum absolute atomic E-state index is 12.7. The molecule has 0 aromatic heterocycles. The molecule has 23 heavy (non-hydrogen) atoms. The molecule has 7 heteroatoms. The predicted octanol–water partition coefficient (Wildman–Crippen LogP) is 1.11. The highest BCUT2D eigenvalue weighted by Gasteiger charge is 2.42. The van der Waals surface area contributed by atoms with Crippen LogP contribution in [-0.2, 0) is 19.4 Å². The highest BCUT2D eigenvalue weighted by molar-refractivity contribution is 7.91. The average Bonchev–Trinajstić information content (AvgIpc) is 2.86. The molecular weight excluding hydrogens is 316 g/mol. The van der Waals surface area contributed by atoms with Gasteiger partial charge in [-0.3, -0.25) is 9.59 Å². The van der Waals surface area contributed by atoms with Gasteiger partial charge in [-0.1, -0.05) is 19.3 Å². The second kappa shape index (κ2) is 6.79. The van der Waals surface area contributed by atoms with Crippen LogP contribution in [0.5, 0.6) is 0 Å². The summed E-state index contributed by atoms with van der Waals surface area (Å²) in [6.07, 6.45) is 5.80. The Balaban J connectivity index is 1.99. The molecule has 2 aliphatic rings. The summed E-state index contributed by atoms with van der Waals surface area (Å²) < 4.78 is 23.2. The second-order valence-corrected chi connectivity index (χ2v) is 9.64. The zero-order chi connectivity index (χ0) is 17.3. The first-order valence-corrected chi connectivity index (χ1v) is 10.2. The van der Waals surface area contributed by atoms with E-state index in [0.29, 0.717) is 6.42 Å². The average molecular weight is 344 g/mol. The SMILES string of the molecule is CN(C(=O)C(C)(C)C(=O)NC1CCCCC1)C1CCS(=O)(=O)C1. The van der Waals surface area contributed by atoms with E-state index in [1.165, 1.54) is 11.3 Å². The minimum absolute atomic E-state index is 0.00440. The molecule has 0 aromatic rings. The lowest BCUT2D eigenvalue weighted by atomic mass is 9.88. The smallest absolute Gasteiger partial charge is 0.237 e. The third-order valence-electron chi connectivity index (χ3n) is 5.12. The van der Waals surface area contributed by atoms with Gasteiger partial charge in [0.1, 0.15) is 5.41 Å². The summed E-state index contributed by atoms with van der Waals surface area (Å²) in [5, 5.41) is 3.00. The van der Waals surface area contributed by atoms with Gasteiger partial charge >= 0.3 is 0 Å². The van der Waals surface area contributed by atoms with Crippen molar-refractivity contribution in [3.05, 3.63) is 0 Å².